The first kappa shape index (κ1) is 13.8. The van der Waals surface area contributed by atoms with Crippen molar-refractivity contribution in [3.63, 3.8) is 0 Å². The molecular formula is C17H19N3OS. The van der Waals surface area contributed by atoms with Gasteiger partial charge in [0, 0.05) is 18.2 Å². The van der Waals surface area contributed by atoms with Crippen molar-refractivity contribution in [1.29, 1.82) is 0 Å². The molecule has 2 aliphatic heterocycles. The number of nitrogens with zero attached hydrogens (tertiary/aromatic N) is 1. The summed E-state index contributed by atoms with van der Waals surface area (Å²) in [5.41, 5.74) is 9.02. The van der Waals surface area contributed by atoms with Crippen LogP contribution in [-0.4, -0.2) is 34.8 Å². The van der Waals surface area contributed by atoms with E-state index in [2.05, 4.69) is 16.0 Å². The van der Waals surface area contributed by atoms with Gasteiger partial charge in [-0.3, -0.25) is 9.69 Å². The molecule has 0 aliphatic carbocycles. The summed E-state index contributed by atoms with van der Waals surface area (Å²) in [6.45, 7) is 2.21. The predicted molar refractivity (Wildman–Crippen MR) is 90.1 cm³/mol. The highest BCUT2D eigenvalue weighted by molar-refractivity contribution is 7.12. The molecule has 4 rings (SSSR count). The topological polar surface area (TPSA) is 62.1 Å². The Labute approximate surface area is 133 Å². The molecule has 4 heterocycles. The Morgan fingerprint density at radius 3 is 3.18 bits per heavy atom. The first-order valence-corrected chi connectivity index (χ1v) is 8.60. The number of rotatable bonds is 3. The van der Waals surface area contributed by atoms with Crippen LogP contribution in [0.5, 0.6) is 0 Å². The number of nitrogens with one attached hydrogen (secondary N) is 1. The third-order valence-electron chi connectivity index (χ3n) is 4.71. The highest BCUT2D eigenvalue weighted by Gasteiger charge is 2.29. The van der Waals surface area contributed by atoms with Gasteiger partial charge in [0.2, 0.25) is 5.78 Å². The van der Waals surface area contributed by atoms with Gasteiger partial charge in [0.1, 0.15) is 5.82 Å². The van der Waals surface area contributed by atoms with Crippen molar-refractivity contribution in [2.75, 3.05) is 18.8 Å². The van der Waals surface area contributed by atoms with Crippen LogP contribution in [0.15, 0.2) is 29.7 Å². The molecule has 0 spiro atoms. The van der Waals surface area contributed by atoms with Crippen molar-refractivity contribution in [2.24, 2.45) is 0 Å². The van der Waals surface area contributed by atoms with Crippen LogP contribution in [0.1, 0.15) is 40.2 Å². The monoisotopic (exact) mass is 313 g/mol. The Kier molecular flexibility index (Phi) is 3.39. The number of nitrogens with two attached hydrogens (primary N) is 1. The zero-order valence-corrected chi connectivity index (χ0v) is 13.2. The van der Waals surface area contributed by atoms with Gasteiger partial charge >= 0.3 is 0 Å². The molecular weight excluding hydrogens is 294 g/mol. The van der Waals surface area contributed by atoms with Crippen LogP contribution < -0.4 is 5.73 Å². The number of aromatic nitrogens is 1. The van der Waals surface area contributed by atoms with Gasteiger partial charge in [0.05, 0.1) is 10.6 Å². The summed E-state index contributed by atoms with van der Waals surface area (Å²) in [6, 6.07) is 6.31. The molecule has 0 aromatic carbocycles. The van der Waals surface area contributed by atoms with Gasteiger partial charge < -0.3 is 10.7 Å². The Morgan fingerprint density at radius 2 is 2.36 bits per heavy atom. The number of ketones is 1. The molecule has 2 aromatic heterocycles. The maximum atomic E-state index is 12.4. The molecule has 2 aliphatic rings. The van der Waals surface area contributed by atoms with E-state index < -0.39 is 0 Å². The molecule has 22 heavy (non-hydrogen) atoms. The number of aromatic amines is 1. The number of nitrogen functional groups attached to an aromatic ring is 1. The van der Waals surface area contributed by atoms with Crippen LogP contribution in [0.4, 0.5) is 5.82 Å². The van der Waals surface area contributed by atoms with E-state index in [1.165, 1.54) is 36.3 Å². The first-order valence-electron chi connectivity index (χ1n) is 7.72. The number of hydrogen-bond acceptors (Lipinski definition) is 4. The minimum Gasteiger partial charge on any atom is -0.385 e. The van der Waals surface area contributed by atoms with Crippen molar-refractivity contribution >= 4 is 28.5 Å². The van der Waals surface area contributed by atoms with Gasteiger partial charge in [-0.2, -0.15) is 0 Å². The average molecular weight is 313 g/mol. The molecule has 5 heteroatoms. The molecule has 3 N–H and O–H groups in total. The standard InChI is InChI=1S/C17H19N3OS/c18-17-13(11-5-7-20-6-1-3-12(20)9-11)10-14(19-17)16(21)15-4-2-8-22-15/h2,4-5,8,10,12,19H,1,3,6-7,9,18H2. The first-order chi connectivity index (χ1) is 10.7. The lowest BCUT2D eigenvalue weighted by atomic mass is 9.95. The summed E-state index contributed by atoms with van der Waals surface area (Å²) in [6.07, 6.45) is 5.86. The minimum atomic E-state index is 0.0202. The van der Waals surface area contributed by atoms with Crippen LogP contribution in [0.2, 0.25) is 0 Å². The van der Waals surface area contributed by atoms with Gasteiger partial charge in [-0.05, 0) is 48.9 Å². The maximum Gasteiger partial charge on any atom is 0.219 e. The molecule has 0 bridgehead atoms. The van der Waals surface area contributed by atoms with E-state index in [-0.39, 0.29) is 5.78 Å². The lowest BCUT2D eigenvalue weighted by Crippen LogP contribution is -2.32. The van der Waals surface area contributed by atoms with E-state index in [4.69, 9.17) is 5.73 Å². The molecule has 0 amide bonds. The zero-order valence-electron chi connectivity index (χ0n) is 12.3. The second kappa shape index (κ2) is 5.41. The van der Waals surface area contributed by atoms with E-state index in [1.807, 2.05) is 23.6 Å². The second-order valence-corrected chi connectivity index (χ2v) is 6.99. The summed E-state index contributed by atoms with van der Waals surface area (Å²) in [4.78, 5) is 18.8. The van der Waals surface area contributed by atoms with E-state index in [9.17, 15) is 4.79 Å². The molecule has 1 atom stereocenters. The van der Waals surface area contributed by atoms with E-state index in [0.29, 0.717) is 17.6 Å². The summed E-state index contributed by atoms with van der Waals surface area (Å²) < 4.78 is 0. The SMILES string of the molecule is Nc1[nH]c(C(=O)c2cccs2)cc1C1=CCN2CCCC2C1. The quantitative estimate of drug-likeness (QED) is 0.856. The highest BCUT2D eigenvalue weighted by atomic mass is 32.1. The molecule has 1 unspecified atom stereocenters. The summed E-state index contributed by atoms with van der Waals surface area (Å²) in [7, 11) is 0. The van der Waals surface area contributed by atoms with E-state index in [1.54, 1.807) is 0 Å². The third-order valence-corrected chi connectivity index (χ3v) is 5.58. The van der Waals surface area contributed by atoms with Crippen LogP contribution in [0.25, 0.3) is 5.57 Å². The van der Waals surface area contributed by atoms with Crippen molar-refractivity contribution in [2.45, 2.75) is 25.3 Å². The smallest absolute Gasteiger partial charge is 0.219 e. The lowest BCUT2D eigenvalue weighted by Gasteiger charge is -2.29. The number of fused-ring (bicyclic) bond motifs is 1. The van der Waals surface area contributed by atoms with Crippen molar-refractivity contribution in [3.05, 3.63) is 45.8 Å². The number of anilines is 1. The largest absolute Gasteiger partial charge is 0.385 e. The maximum absolute atomic E-state index is 12.4. The Hall–Kier alpha value is -1.85. The Morgan fingerprint density at radius 1 is 1.45 bits per heavy atom. The summed E-state index contributed by atoms with van der Waals surface area (Å²) >= 11 is 1.46. The van der Waals surface area contributed by atoms with Crippen LogP contribution in [0.3, 0.4) is 0 Å². The molecule has 4 nitrogen and oxygen atoms in total. The van der Waals surface area contributed by atoms with Crippen molar-refractivity contribution in [3.8, 4) is 0 Å². The van der Waals surface area contributed by atoms with Gasteiger partial charge in [-0.1, -0.05) is 12.1 Å². The fourth-order valence-corrected chi connectivity index (χ4v) is 4.23. The Bertz CT molecular complexity index is 729. The normalized spacial score (nSPS) is 21.6. The highest BCUT2D eigenvalue weighted by Crippen LogP contribution is 2.35. The van der Waals surface area contributed by atoms with Gasteiger partial charge in [-0.15, -0.1) is 11.3 Å². The molecule has 1 fully saturated rings. The van der Waals surface area contributed by atoms with Gasteiger partial charge in [-0.25, -0.2) is 0 Å². The van der Waals surface area contributed by atoms with Crippen molar-refractivity contribution in [1.82, 2.24) is 9.88 Å². The van der Waals surface area contributed by atoms with Crippen molar-refractivity contribution < 1.29 is 4.79 Å². The van der Waals surface area contributed by atoms with Crippen LogP contribution >= 0.6 is 11.3 Å². The average Bonchev–Trinajstić information content (AvgIpc) is 3.26. The number of carbonyl (C=O) groups excluding carboxylic acids is 1. The third kappa shape index (κ3) is 2.30. The predicted octanol–water partition coefficient (Wildman–Crippen LogP) is 3.14. The fraction of sp³-hybridized carbons (Fsp3) is 0.353. The van der Waals surface area contributed by atoms with E-state index in [0.717, 1.165) is 23.4 Å². The van der Waals surface area contributed by atoms with Crippen LogP contribution in [-0.2, 0) is 0 Å². The minimum absolute atomic E-state index is 0.0202. The zero-order chi connectivity index (χ0) is 15.1. The number of carbonyl (C=O) groups is 1. The lowest BCUT2D eigenvalue weighted by molar-refractivity contribution is 0.103. The Balaban J connectivity index is 1.62. The van der Waals surface area contributed by atoms with Crippen LogP contribution in [0, 0.1) is 0 Å². The number of hydrogen-bond donors (Lipinski definition) is 2. The molecule has 0 radical (unpaired) electrons. The van der Waals surface area contributed by atoms with E-state index >= 15 is 0 Å². The molecule has 1 saturated heterocycles. The molecule has 0 saturated carbocycles. The second-order valence-electron chi connectivity index (χ2n) is 6.04. The summed E-state index contributed by atoms with van der Waals surface area (Å²) in [5.74, 6) is 0.629. The summed E-state index contributed by atoms with van der Waals surface area (Å²) in [5, 5.41) is 1.92. The fourth-order valence-electron chi connectivity index (χ4n) is 3.55. The van der Waals surface area contributed by atoms with Gasteiger partial charge in [0.15, 0.2) is 0 Å². The molecule has 114 valence electrons. The van der Waals surface area contributed by atoms with Gasteiger partial charge in [0.25, 0.3) is 0 Å². The molecule has 2 aromatic rings. The number of H-pyrrole nitrogens is 1. The number of thiophene rings is 1.